The summed E-state index contributed by atoms with van der Waals surface area (Å²) in [4.78, 5) is 4.62. The van der Waals surface area contributed by atoms with Crippen molar-refractivity contribution < 1.29 is 4.39 Å². The Kier molecular flexibility index (Phi) is 5.17. The molecule has 0 aliphatic rings. The van der Waals surface area contributed by atoms with Gasteiger partial charge in [-0.15, -0.1) is 0 Å². The van der Waals surface area contributed by atoms with Gasteiger partial charge in [-0.2, -0.15) is 10.2 Å². The molecule has 0 amide bonds. The lowest BCUT2D eigenvalue weighted by Crippen LogP contribution is -1.95. The Hall–Kier alpha value is -4.32. The van der Waals surface area contributed by atoms with Gasteiger partial charge in [-0.05, 0) is 61.0 Å². The van der Waals surface area contributed by atoms with Crippen molar-refractivity contribution in [3.63, 3.8) is 0 Å². The van der Waals surface area contributed by atoms with Gasteiger partial charge in [-0.25, -0.2) is 14.1 Å². The van der Waals surface area contributed by atoms with E-state index in [0.717, 1.165) is 33.3 Å². The van der Waals surface area contributed by atoms with Crippen LogP contribution < -0.4 is 5.43 Å². The number of benzene rings is 3. The highest BCUT2D eigenvalue weighted by molar-refractivity contribution is 5.89. The fourth-order valence-corrected chi connectivity index (χ4v) is 3.60. The lowest BCUT2D eigenvalue weighted by molar-refractivity contribution is 0.628. The summed E-state index contributed by atoms with van der Waals surface area (Å²) >= 11 is 0. The monoisotopic (exact) mass is 421 g/mol. The number of para-hydroxylation sites is 2. The number of aryl methyl sites for hydroxylation is 1. The van der Waals surface area contributed by atoms with Crippen molar-refractivity contribution in [2.75, 3.05) is 5.43 Å². The lowest BCUT2D eigenvalue weighted by Gasteiger charge is -2.05. The van der Waals surface area contributed by atoms with Crippen LogP contribution in [0.4, 0.5) is 10.2 Å². The van der Waals surface area contributed by atoms with Crippen LogP contribution >= 0.6 is 0 Å². The number of halogens is 1. The maximum absolute atomic E-state index is 13.4. The molecule has 0 aliphatic carbocycles. The summed E-state index contributed by atoms with van der Waals surface area (Å²) in [7, 11) is 0. The van der Waals surface area contributed by atoms with Crippen molar-refractivity contribution >= 4 is 22.9 Å². The molecule has 0 saturated carbocycles. The second-order valence-corrected chi connectivity index (χ2v) is 7.43. The van der Waals surface area contributed by atoms with Crippen molar-refractivity contribution in [1.29, 1.82) is 0 Å². The van der Waals surface area contributed by atoms with E-state index in [1.807, 2.05) is 60.8 Å². The number of pyridine rings is 1. The Balaban J connectivity index is 1.48. The van der Waals surface area contributed by atoms with Crippen molar-refractivity contribution in [2.45, 2.75) is 6.92 Å². The number of anilines is 1. The van der Waals surface area contributed by atoms with Crippen LogP contribution in [0.15, 0.2) is 96.2 Å². The van der Waals surface area contributed by atoms with Crippen LogP contribution in [0.2, 0.25) is 0 Å². The van der Waals surface area contributed by atoms with E-state index in [-0.39, 0.29) is 5.82 Å². The lowest BCUT2D eigenvalue weighted by atomic mass is 10.1. The third kappa shape index (κ3) is 3.98. The van der Waals surface area contributed by atoms with E-state index < -0.39 is 0 Å². The van der Waals surface area contributed by atoms with Gasteiger partial charge in [0.25, 0.3) is 0 Å². The summed E-state index contributed by atoms with van der Waals surface area (Å²) < 4.78 is 15.2. The molecule has 6 heteroatoms. The number of nitrogens with zero attached hydrogens (tertiary/aromatic N) is 4. The van der Waals surface area contributed by atoms with Gasteiger partial charge in [0.2, 0.25) is 0 Å². The molecule has 0 bridgehead atoms. The SMILES string of the molecule is Cc1cc(N/N=C\c2cn(-c3ccccc3)nc2-c2ccc(F)cc2)nc2ccccc12. The number of fused-ring (bicyclic) bond motifs is 1. The van der Waals surface area contributed by atoms with Gasteiger partial charge in [0, 0.05) is 22.7 Å². The quantitative estimate of drug-likeness (QED) is 0.280. The molecule has 3 aromatic carbocycles. The molecule has 0 unspecified atom stereocenters. The molecule has 2 heterocycles. The molecule has 1 N–H and O–H groups in total. The number of nitrogens with one attached hydrogen (secondary N) is 1. The molecule has 32 heavy (non-hydrogen) atoms. The average Bonchev–Trinajstić information content (AvgIpc) is 3.24. The van der Waals surface area contributed by atoms with Gasteiger partial charge in [0.15, 0.2) is 0 Å². The summed E-state index contributed by atoms with van der Waals surface area (Å²) in [5.41, 5.74) is 8.30. The van der Waals surface area contributed by atoms with Gasteiger partial charge in [-0.1, -0.05) is 36.4 Å². The Labute approximate surface area is 184 Å². The highest BCUT2D eigenvalue weighted by Crippen LogP contribution is 2.24. The van der Waals surface area contributed by atoms with Crippen molar-refractivity contribution in [2.24, 2.45) is 5.10 Å². The van der Waals surface area contributed by atoms with E-state index in [0.29, 0.717) is 11.5 Å². The number of hydrazone groups is 1. The zero-order valence-corrected chi connectivity index (χ0v) is 17.4. The van der Waals surface area contributed by atoms with Crippen LogP contribution in [-0.4, -0.2) is 21.0 Å². The molecule has 5 aromatic rings. The summed E-state index contributed by atoms with van der Waals surface area (Å²) in [6.45, 7) is 2.05. The van der Waals surface area contributed by atoms with E-state index >= 15 is 0 Å². The molecule has 0 atom stereocenters. The normalized spacial score (nSPS) is 11.3. The van der Waals surface area contributed by atoms with Crippen LogP contribution in [0.3, 0.4) is 0 Å². The Bertz CT molecular complexity index is 1410. The van der Waals surface area contributed by atoms with Crippen LogP contribution in [0, 0.1) is 12.7 Å². The molecular formula is C26H20FN5. The summed E-state index contributed by atoms with van der Waals surface area (Å²) in [6.07, 6.45) is 3.61. The van der Waals surface area contributed by atoms with Gasteiger partial charge in [0.05, 0.1) is 17.4 Å². The first-order chi connectivity index (χ1) is 15.7. The van der Waals surface area contributed by atoms with Crippen molar-refractivity contribution in [3.05, 3.63) is 108 Å². The minimum Gasteiger partial charge on any atom is -0.261 e. The summed E-state index contributed by atoms with van der Waals surface area (Å²) in [5.74, 6) is 0.377. The summed E-state index contributed by atoms with van der Waals surface area (Å²) in [6, 6.07) is 26.1. The van der Waals surface area contributed by atoms with Crippen LogP contribution in [0.5, 0.6) is 0 Å². The third-order valence-electron chi connectivity index (χ3n) is 5.19. The first-order valence-electron chi connectivity index (χ1n) is 10.2. The fourth-order valence-electron chi connectivity index (χ4n) is 3.60. The summed E-state index contributed by atoms with van der Waals surface area (Å²) in [5, 5.41) is 10.2. The minimum atomic E-state index is -0.286. The molecule has 0 fully saturated rings. The first kappa shape index (κ1) is 19.6. The Morgan fingerprint density at radius 3 is 2.50 bits per heavy atom. The third-order valence-corrected chi connectivity index (χ3v) is 5.19. The van der Waals surface area contributed by atoms with Gasteiger partial charge in [-0.3, -0.25) is 5.43 Å². The largest absolute Gasteiger partial charge is 0.261 e. The Morgan fingerprint density at radius 1 is 0.938 bits per heavy atom. The smallest absolute Gasteiger partial charge is 0.147 e. The molecule has 2 aromatic heterocycles. The van der Waals surface area contributed by atoms with Gasteiger partial charge >= 0.3 is 0 Å². The molecule has 5 rings (SSSR count). The second-order valence-electron chi connectivity index (χ2n) is 7.43. The molecule has 0 saturated heterocycles. The number of aromatic nitrogens is 3. The maximum atomic E-state index is 13.4. The number of hydrogen-bond acceptors (Lipinski definition) is 4. The molecule has 5 nitrogen and oxygen atoms in total. The van der Waals surface area contributed by atoms with Crippen LogP contribution in [-0.2, 0) is 0 Å². The van der Waals surface area contributed by atoms with Crippen molar-refractivity contribution in [3.8, 4) is 16.9 Å². The Morgan fingerprint density at radius 2 is 1.69 bits per heavy atom. The topological polar surface area (TPSA) is 55.1 Å². The molecule has 156 valence electrons. The zero-order valence-electron chi connectivity index (χ0n) is 17.4. The van der Waals surface area contributed by atoms with E-state index in [1.165, 1.54) is 12.1 Å². The van der Waals surface area contributed by atoms with Gasteiger partial charge in [0.1, 0.15) is 17.3 Å². The molecule has 0 aliphatic heterocycles. The highest BCUT2D eigenvalue weighted by Gasteiger charge is 2.11. The van der Waals surface area contributed by atoms with Crippen LogP contribution in [0.1, 0.15) is 11.1 Å². The van der Waals surface area contributed by atoms with Crippen LogP contribution in [0.25, 0.3) is 27.8 Å². The second kappa shape index (κ2) is 8.43. The molecular weight excluding hydrogens is 401 g/mol. The highest BCUT2D eigenvalue weighted by atomic mass is 19.1. The zero-order chi connectivity index (χ0) is 21.9. The van der Waals surface area contributed by atoms with E-state index in [4.69, 9.17) is 5.10 Å². The van der Waals surface area contributed by atoms with E-state index in [2.05, 4.69) is 28.5 Å². The fraction of sp³-hybridized carbons (Fsp3) is 0.0385. The predicted molar refractivity (Wildman–Crippen MR) is 127 cm³/mol. The molecule has 0 spiro atoms. The van der Waals surface area contributed by atoms with Gasteiger partial charge < -0.3 is 0 Å². The number of rotatable bonds is 5. The van der Waals surface area contributed by atoms with E-state index in [9.17, 15) is 4.39 Å². The van der Waals surface area contributed by atoms with Crippen molar-refractivity contribution in [1.82, 2.24) is 14.8 Å². The molecule has 0 radical (unpaired) electrons. The maximum Gasteiger partial charge on any atom is 0.147 e. The predicted octanol–water partition coefficient (Wildman–Crippen LogP) is 5.98. The average molecular weight is 421 g/mol. The minimum absolute atomic E-state index is 0.286. The first-order valence-corrected chi connectivity index (χ1v) is 10.2. The standard InChI is InChI=1S/C26H20FN5/c1-18-15-25(29-24-10-6-5-9-23(18)24)30-28-16-20-17-32(22-7-3-2-4-8-22)31-26(20)19-11-13-21(27)14-12-19/h2-17H,1H3,(H,29,30)/b28-16-. The number of hydrogen-bond donors (Lipinski definition) is 1. The van der Waals surface area contributed by atoms with E-state index in [1.54, 1.807) is 23.0 Å².